The average molecular weight is 250 g/mol. The minimum Gasteiger partial charge on any atom is -0.366 e. The first-order valence-electron chi connectivity index (χ1n) is 6.01. The molecule has 5 heteroatoms. The standard InChI is InChI=1S/C13H18N2O3/c1-4-11(5-2)14(3)12-7-6-10(9-16)8-13(12)15(17)18/h6-9,11H,4-5H2,1-3H3. The Balaban J connectivity index is 3.22. The van der Waals surface area contributed by atoms with Crippen molar-refractivity contribution in [2.75, 3.05) is 11.9 Å². The fourth-order valence-electron chi connectivity index (χ4n) is 2.09. The van der Waals surface area contributed by atoms with Crippen LogP contribution in [0.25, 0.3) is 0 Å². The summed E-state index contributed by atoms with van der Waals surface area (Å²) in [6.45, 7) is 4.10. The summed E-state index contributed by atoms with van der Waals surface area (Å²) >= 11 is 0. The molecule has 98 valence electrons. The number of carbonyl (C=O) groups is 1. The van der Waals surface area contributed by atoms with Crippen LogP contribution < -0.4 is 4.90 Å². The second kappa shape index (κ2) is 6.14. The minimum atomic E-state index is -0.443. The second-order valence-electron chi connectivity index (χ2n) is 4.20. The highest BCUT2D eigenvalue weighted by Crippen LogP contribution is 2.30. The topological polar surface area (TPSA) is 63.5 Å². The third-order valence-electron chi connectivity index (χ3n) is 3.20. The van der Waals surface area contributed by atoms with Crippen molar-refractivity contribution in [3.8, 4) is 0 Å². The van der Waals surface area contributed by atoms with Crippen molar-refractivity contribution in [3.05, 3.63) is 33.9 Å². The Morgan fingerprint density at radius 2 is 2.00 bits per heavy atom. The van der Waals surface area contributed by atoms with Gasteiger partial charge in [0.1, 0.15) is 12.0 Å². The van der Waals surface area contributed by atoms with Gasteiger partial charge in [-0.2, -0.15) is 0 Å². The first kappa shape index (κ1) is 14.2. The lowest BCUT2D eigenvalue weighted by molar-refractivity contribution is -0.384. The third-order valence-corrected chi connectivity index (χ3v) is 3.20. The smallest absolute Gasteiger partial charge is 0.293 e. The van der Waals surface area contributed by atoms with Crippen LogP contribution in [0.2, 0.25) is 0 Å². The van der Waals surface area contributed by atoms with Gasteiger partial charge >= 0.3 is 0 Å². The Morgan fingerprint density at radius 3 is 2.44 bits per heavy atom. The van der Waals surface area contributed by atoms with Crippen molar-refractivity contribution in [2.45, 2.75) is 32.7 Å². The number of carbonyl (C=O) groups excluding carboxylic acids is 1. The number of benzene rings is 1. The van der Waals surface area contributed by atoms with Crippen LogP contribution in [0.5, 0.6) is 0 Å². The summed E-state index contributed by atoms with van der Waals surface area (Å²) in [5.74, 6) is 0. The number of nitro groups is 1. The summed E-state index contributed by atoms with van der Waals surface area (Å²) in [6, 6.07) is 4.82. The molecule has 0 aliphatic carbocycles. The van der Waals surface area contributed by atoms with Crippen molar-refractivity contribution < 1.29 is 9.72 Å². The molecule has 0 spiro atoms. The molecule has 0 saturated carbocycles. The summed E-state index contributed by atoms with van der Waals surface area (Å²) in [6.07, 6.45) is 2.45. The van der Waals surface area contributed by atoms with Crippen LogP contribution in [0.3, 0.4) is 0 Å². The lowest BCUT2D eigenvalue weighted by atomic mass is 10.1. The molecular weight excluding hydrogens is 232 g/mol. The van der Waals surface area contributed by atoms with Crippen LogP contribution >= 0.6 is 0 Å². The number of hydrogen-bond donors (Lipinski definition) is 0. The summed E-state index contributed by atoms with van der Waals surface area (Å²) < 4.78 is 0. The van der Waals surface area contributed by atoms with Gasteiger partial charge in [0, 0.05) is 24.7 Å². The molecule has 0 radical (unpaired) electrons. The average Bonchev–Trinajstić information content (AvgIpc) is 2.39. The van der Waals surface area contributed by atoms with Crippen molar-refractivity contribution in [2.24, 2.45) is 0 Å². The maximum atomic E-state index is 11.1. The van der Waals surface area contributed by atoms with Crippen molar-refractivity contribution in [1.29, 1.82) is 0 Å². The van der Waals surface area contributed by atoms with Crippen LogP contribution in [0, 0.1) is 10.1 Å². The molecule has 0 aliphatic rings. The number of aldehydes is 1. The summed E-state index contributed by atoms with van der Waals surface area (Å²) in [5.41, 5.74) is 0.858. The molecule has 1 aromatic rings. The zero-order chi connectivity index (χ0) is 13.7. The van der Waals surface area contributed by atoms with Gasteiger partial charge in [0.05, 0.1) is 4.92 Å². The molecule has 0 N–H and O–H groups in total. The van der Waals surface area contributed by atoms with Gasteiger partial charge in [0.25, 0.3) is 5.69 Å². The van der Waals surface area contributed by atoms with E-state index in [0.717, 1.165) is 12.8 Å². The zero-order valence-electron chi connectivity index (χ0n) is 10.9. The van der Waals surface area contributed by atoms with E-state index in [0.29, 0.717) is 17.5 Å². The Morgan fingerprint density at radius 1 is 1.39 bits per heavy atom. The van der Waals surface area contributed by atoms with Crippen LogP contribution in [0.4, 0.5) is 11.4 Å². The van der Waals surface area contributed by atoms with E-state index in [9.17, 15) is 14.9 Å². The SMILES string of the molecule is CCC(CC)N(C)c1ccc(C=O)cc1[N+](=O)[O-]. The first-order chi connectivity index (χ1) is 8.54. The maximum Gasteiger partial charge on any atom is 0.293 e. The van der Waals surface area contributed by atoms with Crippen molar-refractivity contribution in [3.63, 3.8) is 0 Å². The second-order valence-corrected chi connectivity index (χ2v) is 4.20. The van der Waals surface area contributed by atoms with Crippen LogP contribution in [0.1, 0.15) is 37.0 Å². The van der Waals surface area contributed by atoms with Crippen LogP contribution in [-0.4, -0.2) is 24.3 Å². The largest absolute Gasteiger partial charge is 0.366 e. The van der Waals surface area contributed by atoms with E-state index in [1.165, 1.54) is 6.07 Å². The molecule has 0 fully saturated rings. The van der Waals surface area contributed by atoms with E-state index in [1.807, 2.05) is 11.9 Å². The number of nitro benzene ring substituents is 1. The molecule has 0 bridgehead atoms. The van der Waals surface area contributed by atoms with E-state index >= 15 is 0 Å². The fourth-order valence-corrected chi connectivity index (χ4v) is 2.09. The molecule has 0 amide bonds. The first-order valence-corrected chi connectivity index (χ1v) is 6.01. The highest BCUT2D eigenvalue weighted by atomic mass is 16.6. The third kappa shape index (κ3) is 2.85. The number of rotatable bonds is 6. The van der Waals surface area contributed by atoms with Gasteiger partial charge < -0.3 is 4.90 Å². The van der Waals surface area contributed by atoms with Gasteiger partial charge in [-0.15, -0.1) is 0 Å². The monoisotopic (exact) mass is 250 g/mol. The quantitative estimate of drug-likeness (QED) is 0.442. The predicted molar refractivity (Wildman–Crippen MR) is 71.3 cm³/mol. The summed E-state index contributed by atoms with van der Waals surface area (Å²) in [7, 11) is 1.85. The number of hydrogen-bond acceptors (Lipinski definition) is 4. The molecule has 0 heterocycles. The van der Waals surface area contributed by atoms with Crippen molar-refractivity contribution in [1.82, 2.24) is 0 Å². The Hall–Kier alpha value is -1.91. The molecule has 0 aromatic heterocycles. The van der Waals surface area contributed by atoms with E-state index < -0.39 is 4.92 Å². The molecular formula is C13H18N2O3. The predicted octanol–water partition coefficient (Wildman–Crippen LogP) is 3.03. The van der Waals surface area contributed by atoms with Crippen molar-refractivity contribution >= 4 is 17.7 Å². The lowest BCUT2D eigenvalue weighted by Crippen LogP contribution is -2.30. The molecule has 0 unspecified atom stereocenters. The van der Waals surface area contributed by atoms with Gasteiger partial charge in [-0.05, 0) is 25.0 Å². The van der Waals surface area contributed by atoms with E-state index in [1.54, 1.807) is 12.1 Å². The van der Waals surface area contributed by atoms with Gasteiger partial charge in [-0.25, -0.2) is 0 Å². The van der Waals surface area contributed by atoms with Crippen LogP contribution in [0.15, 0.2) is 18.2 Å². The van der Waals surface area contributed by atoms with Gasteiger partial charge in [-0.1, -0.05) is 13.8 Å². The van der Waals surface area contributed by atoms with E-state index in [2.05, 4.69) is 13.8 Å². The molecule has 0 aliphatic heterocycles. The minimum absolute atomic E-state index is 0.0194. The summed E-state index contributed by atoms with van der Waals surface area (Å²) in [5, 5.41) is 11.1. The fraction of sp³-hybridized carbons (Fsp3) is 0.462. The Kier molecular flexibility index (Phi) is 4.83. The molecule has 1 aromatic carbocycles. The van der Waals surface area contributed by atoms with Crippen LogP contribution in [-0.2, 0) is 0 Å². The van der Waals surface area contributed by atoms with E-state index in [-0.39, 0.29) is 11.7 Å². The van der Waals surface area contributed by atoms with Gasteiger partial charge in [-0.3, -0.25) is 14.9 Å². The molecule has 0 saturated heterocycles. The Labute approximate surface area is 107 Å². The number of nitrogens with zero attached hydrogens (tertiary/aromatic N) is 2. The molecule has 5 nitrogen and oxygen atoms in total. The van der Waals surface area contributed by atoms with E-state index in [4.69, 9.17) is 0 Å². The molecule has 0 atom stereocenters. The zero-order valence-corrected chi connectivity index (χ0v) is 10.9. The highest BCUT2D eigenvalue weighted by Gasteiger charge is 2.21. The maximum absolute atomic E-state index is 11.1. The highest BCUT2D eigenvalue weighted by molar-refractivity contribution is 5.79. The normalized spacial score (nSPS) is 10.4. The summed E-state index contributed by atoms with van der Waals surface area (Å²) in [4.78, 5) is 23.2. The molecule has 1 rings (SSSR count). The number of anilines is 1. The molecule has 18 heavy (non-hydrogen) atoms. The Bertz CT molecular complexity index is 442. The van der Waals surface area contributed by atoms with Gasteiger partial charge in [0.2, 0.25) is 0 Å². The van der Waals surface area contributed by atoms with Gasteiger partial charge in [0.15, 0.2) is 0 Å². The lowest BCUT2D eigenvalue weighted by Gasteiger charge is -2.28.